The number of likely N-dealkylation sites (tertiary alicyclic amines) is 1. The van der Waals surface area contributed by atoms with Crippen LogP contribution in [-0.4, -0.2) is 29.6 Å². The molecule has 0 aliphatic carbocycles. The fourth-order valence-electron chi connectivity index (χ4n) is 3.50. The summed E-state index contributed by atoms with van der Waals surface area (Å²) < 4.78 is 0. The number of aliphatic hydroxyl groups is 1. The van der Waals surface area contributed by atoms with Crippen LogP contribution >= 0.6 is 0 Å². The Kier molecular flexibility index (Phi) is 5.14. The lowest BCUT2D eigenvalue weighted by Crippen LogP contribution is -2.36. The van der Waals surface area contributed by atoms with Gasteiger partial charge in [0.25, 0.3) is 0 Å². The molecule has 0 aromatic heterocycles. The van der Waals surface area contributed by atoms with Gasteiger partial charge in [-0.25, -0.2) is 0 Å². The van der Waals surface area contributed by atoms with Crippen LogP contribution in [-0.2, 0) is 5.60 Å². The van der Waals surface area contributed by atoms with Crippen LogP contribution in [0, 0.1) is 6.92 Å². The minimum absolute atomic E-state index is 0.736. The molecule has 2 aromatic carbocycles. The second-order valence-corrected chi connectivity index (χ2v) is 6.74. The second kappa shape index (κ2) is 7.29. The van der Waals surface area contributed by atoms with E-state index in [1.807, 2.05) is 30.3 Å². The van der Waals surface area contributed by atoms with Gasteiger partial charge in [0.1, 0.15) is 5.60 Å². The normalized spacial score (nSPS) is 18.5. The molecule has 0 radical (unpaired) electrons. The number of aryl methyl sites for hydroxylation is 1. The smallest absolute Gasteiger partial charge is 0.116 e. The molecule has 2 aromatic rings. The maximum Gasteiger partial charge on any atom is 0.116 e. The van der Waals surface area contributed by atoms with E-state index in [2.05, 4.69) is 36.1 Å². The summed E-state index contributed by atoms with van der Waals surface area (Å²) >= 11 is 0. The zero-order valence-corrected chi connectivity index (χ0v) is 14.0. The Labute approximate surface area is 139 Å². The van der Waals surface area contributed by atoms with Gasteiger partial charge in [0.05, 0.1) is 0 Å². The molecule has 2 nitrogen and oxygen atoms in total. The van der Waals surface area contributed by atoms with E-state index < -0.39 is 5.60 Å². The molecule has 1 fully saturated rings. The second-order valence-electron chi connectivity index (χ2n) is 6.74. The predicted molar refractivity (Wildman–Crippen MR) is 95.5 cm³/mol. The number of hydrogen-bond acceptors (Lipinski definition) is 2. The molecule has 1 heterocycles. The third kappa shape index (κ3) is 3.82. The molecule has 0 spiro atoms. The van der Waals surface area contributed by atoms with Gasteiger partial charge < -0.3 is 10.0 Å². The number of piperidine rings is 1. The SMILES string of the molecule is Cc1ccc([C@](O)(CCN2CCCCC2)c2ccccc2)cc1. The third-order valence-corrected chi connectivity index (χ3v) is 5.02. The van der Waals surface area contributed by atoms with Gasteiger partial charge in [0.15, 0.2) is 0 Å². The number of rotatable bonds is 5. The summed E-state index contributed by atoms with van der Waals surface area (Å²) in [4.78, 5) is 2.49. The fraction of sp³-hybridized carbons (Fsp3) is 0.429. The van der Waals surface area contributed by atoms with Crippen molar-refractivity contribution in [2.45, 2.75) is 38.2 Å². The first-order chi connectivity index (χ1) is 11.2. The molecule has 0 amide bonds. The van der Waals surface area contributed by atoms with Gasteiger partial charge in [-0.2, -0.15) is 0 Å². The summed E-state index contributed by atoms with van der Waals surface area (Å²) in [6.45, 7) is 5.36. The van der Waals surface area contributed by atoms with Crippen LogP contribution in [0.4, 0.5) is 0 Å². The number of nitrogens with zero attached hydrogens (tertiary/aromatic N) is 1. The van der Waals surface area contributed by atoms with Crippen LogP contribution in [0.1, 0.15) is 42.4 Å². The van der Waals surface area contributed by atoms with E-state index in [1.54, 1.807) is 0 Å². The van der Waals surface area contributed by atoms with Gasteiger partial charge in [-0.3, -0.25) is 0 Å². The van der Waals surface area contributed by atoms with Crippen LogP contribution < -0.4 is 0 Å². The fourth-order valence-corrected chi connectivity index (χ4v) is 3.50. The van der Waals surface area contributed by atoms with Crippen LogP contribution in [0.15, 0.2) is 54.6 Å². The van der Waals surface area contributed by atoms with E-state index in [-0.39, 0.29) is 0 Å². The molecule has 1 atom stereocenters. The zero-order valence-electron chi connectivity index (χ0n) is 14.0. The van der Waals surface area contributed by atoms with Gasteiger partial charge in [0.2, 0.25) is 0 Å². The van der Waals surface area contributed by atoms with Crippen molar-refractivity contribution in [3.63, 3.8) is 0 Å². The predicted octanol–water partition coefficient (Wildman–Crippen LogP) is 4.11. The van der Waals surface area contributed by atoms with Crippen molar-refractivity contribution >= 4 is 0 Å². The monoisotopic (exact) mass is 309 g/mol. The van der Waals surface area contributed by atoms with Gasteiger partial charge in [-0.15, -0.1) is 0 Å². The summed E-state index contributed by atoms with van der Waals surface area (Å²) in [5.41, 5.74) is 2.29. The lowest BCUT2D eigenvalue weighted by atomic mass is 9.83. The van der Waals surface area contributed by atoms with Crippen molar-refractivity contribution in [3.05, 3.63) is 71.3 Å². The van der Waals surface area contributed by atoms with Crippen LogP contribution in [0.25, 0.3) is 0 Å². The molecular weight excluding hydrogens is 282 g/mol. The van der Waals surface area contributed by atoms with Gasteiger partial charge >= 0.3 is 0 Å². The van der Waals surface area contributed by atoms with Crippen molar-refractivity contribution in [2.24, 2.45) is 0 Å². The van der Waals surface area contributed by atoms with E-state index in [4.69, 9.17) is 0 Å². The van der Waals surface area contributed by atoms with Crippen molar-refractivity contribution in [1.82, 2.24) is 4.90 Å². The van der Waals surface area contributed by atoms with Gasteiger partial charge in [-0.05, 0) is 50.4 Å². The number of hydrogen-bond donors (Lipinski definition) is 1. The van der Waals surface area contributed by atoms with Crippen LogP contribution in [0.3, 0.4) is 0 Å². The van der Waals surface area contributed by atoms with E-state index >= 15 is 0 Å². The molecule has 23 heavy (non-hydrogen) atoms. The molecule has 122 valence electrons. The average molecular weight is 309 g/mol. The molecule has 0 saturated carbocycles. The number of benzene rings is 2. The molecule has 0 bridgehead atoms. The van der Waals surface area contributed by atoms with Gasteiger partial charge in [-0.1, -0.05) is 66.6 Å². The first-order valence-corrected chi connectivity index (χ1v) is 8.76. The van der Waals surface area contributed by atoms with Gasteiger partial charge in [0, 0.05) is 6.54 Å². The highest BCUT2D eigenvalue weighted by Crippen LogP contribution is 2.33. The molecule has 1 aliphatic heterocycles. The largest absolute Gasteiger partial charge is 0.380 e. The Morgan fingerprint density at radius 2 is 1.48 bits per heavy atom. The highest BCUT2D eigenvalue weighted by atomic mass is 16.3. The molecule has 0 unspecified atom stereocenters. The molecular formula is C21H27NO. The maximum atomic E-state index is 11.5. The first kappa shape index (κ1) is 16.2. The first-order valence-electron chi connectivity index (χ1n) is 8.76. The summed E-state index contributed by atoms with van der Waals surface area (Å²) in [6.07, 6.45) is 4.65. The summed E-state index contributed by atoms with van der Waals surface area (Å²) in [7, 11) is 0. The average Bonchev–Trinajstić information content (AvgIpc) is 2.62. The minimum Gasteiger partial charge on any atom is -0.380 e. The van der Waals surface area contributed by atoms with Crippen LogP contribution in [0.2, 0.25) is 0 Å². The Morgan fingerprint density at radius 3 is 2.13 bits per heavy atom. The van der Waals surface area contributed by atoms with E-state index in [1.165, 1.54) is 37.9 Å². The Morgan fingerprint density at radius 1 is 0.870 bits per heavy atom. The third-order valence-electron chi connectivity index (χ3n) is 5.02. The topological polar surface area (TPSA) is 23.5 Å². The lowest BCUT2D eigenvalue weighted by molar-refractivity contribution is 0.0545. The standard InChI is InChI=1S/C21H27NO/c1-18-10-12-20(13-11-18)21(23,19-8-4-2-5-9-19)14-17-22-15-6-3-7-16-22/h2,4-5,8-13,23H,3,6-7,14-17H2,1H3/t21-/m0/s1. The summed E-state index contributed by atoms with van der Waals surface area (Å²) in [5, 5.41) is 11.5. The highest BCUT2D eigenvalue weighted by molar-refractivity contribution is 5.37. The molecule has 2 heteroatoms. The maximum absolute atomic E-state index is 11.5. The minimum atomic E-state index is -0.910. The van der Waals surface area contributed by atoms with Crippen molar-refractivity contribution in [1.29, 1.82) is 0 Å². The highest BCUT2D eigenvalue weighted by Gasteiger charge is 2.31. The van der Waals surface area contributed by atoms with Crippen molar-refractivity contribution in [2.75, 3.05) is 19.6 Å². The van der Waals surface area contributed by atoms with Crippen LogP contribution in [0.5, 0.6) is 0 Å². The molecule has 1 N–H and O–H groups in total. The molecule has 1 saturated heterocycles. The van der Waals surface area contributed by atoms with E-state index in [0.29, 0.717) is 0 Å². The summed E-state index contributed by atoms with van der Waals surface area (Å²) in [6, 6.07) is 18.4. The van der Waals surface area contributed by atoms with E-state index in [0.717, 1.165) is 24.1 Å². The van der Waals surface area contributed by atoms with E-state index in [9.17, 15) is 5.11 Å². The molecule has 3 rings (SSSR count). The molecule has 1 aliphatic rings. The van der Waals surface area contributed by atoms with Crippen molar-refractivity contribution in [3.8, 4) is 0 Å². The Bertz CT molecular complexity index is 601. The lowest BCUT2D eigenvalue weighted by Gasteiger charge is -2.34. The van der Waals surface area contributed by atoms with Crippen molar-refractivity contribution < 1.29 is 5.11 Å². The Balaban J connectivity index is 1.85. The Hall–Kier alpha value is -1.64. The quantitative estimate of drug-likeness (QED) is 0.898. The zero-order chi connectivity index (χ0) is 16.1. The summed E-state index contributed by atoms with van der Waals surface area (Å²) in [5.74, 6) is 0.